The van der Waals surface area contributed by atoms with Crippen LogP contribution in [0, 0.1) is 5.82 Å². The molecule has 4 nitrogen and oxygen atoms in total. The van der Waals surface area contributed by atoms with E-state index >= 15 is 4.39 Å². The Bertz CT molecular complexity index is 1380. The highest BCUT2D eigenvalue weighted by atomic mass is 19.1. The topological polar surface area (TPSA) is 59.1 Å². The number of para-hydroxylation sites is 1. The summed E-state index contributed by atoms with van der Waals surface area (Å²) in [5, 5.41) is 4.15. The number of hydrogen-bond donors (Lipinski definition) is 1. The molecule has 0 saturated carbocycles. The lowest BCUT2D eigenvalue weighted by molar-refractivity contribution is -0.119. The van der Waals surface area contributed by atoms with Crippen LogP contribution in [0.3, 0.4) is 0 Å². The van der Waals surface area contributed by atoms with Gasteiger partial charge in [0.05, 0.1) is 16.8 Å². The molecule has 1 atom stereocenters. The summed E-state index contributed by atoms with van der Waals surface area (Å²) in [6.45, 7) is 5.37. The number of aromatic nitrogens is 1. The van der Waals surface area contributed by atoms with Crippen molar-refractivity contribution in [3.63, 3.8) is 0 Å². The van der Waals surface area contributed by atoms with Crippen LogP contribution in [0.15, 0.2) is 72.9 Å². The van der Waals surface area contributed by atoms with Crippen molar-refractivity contribution < 1.29 is 14.0 Å². The Labute approximate surface area is 205 Å². The van der Waals surface area contributed by atoms with Crippen LogP contribution in [0.5, 0.6) is 0 Å². The van der Waals surface area contributed by atoms with E-state index in [2.05, 4.69) is 10.3 Å². The number of pyridine rings is 1. The van der Waals surface area contributed by atoms with E-state index in [1.54, 1.807) is 12.3 Å². The van der Waals surface area contributed by atoms with Crippen molar-refractivity contribution in [1.82, 2.24) is 4.98 Å². The first-order valence-electron chi connectivity index (χ1n) is 11.9. The first-order chi connectivity index (χ1) is 16.9. The largest absolute Gasteiger partial charge is 0.354 e. The van der Waals surface area contributed by atoms with E-state index in [9.17, 15) is 9.59 Å². The minimum Gasteiger partial charge on any atom is -0.354 e. The molecule has 0 fully saturated rings. The fourth-order valence-corrected chi connectivity index (χ4v) is 4.38. The van der Waals surface area contributed by atoms with Gasteiger partial charge in [0, 0.05) is 30.1 Å². The van der Waals surface area contributed by atoms with E-state index in [0.29, 0.717) is 29.7 Å². The van der Waals surface area contributed by atoms with Crippen LogP contribution < -0.4 is 5.32 Å². The lowest BCUT2D eigenvalue weighted by Crippen LogP contribution is -2.06. The van der Waals surface area contributed by atoms with E-state index in [1.807, 2.05) is 68.4 Å². The van der Waals surface area contributed by atoms with Crippen LogP contribution in [0.2, 0.25) is 0 Å². The van der Waals surface area contributed by atoms with Crippen molar-refractivity contribution >= 4 is 33.8 Å². The van der Waals surface area contributed by atoms with E-state index in [1.165, 1.54) is 13.0 Å². The van der Waals surface area contributed by atoms with Crippen molar-refractivity contribution in [1.29, 1.82) is 0 Å². The maximum atomic E-state index is 15.1. The number of hydrogen-bond acceptors (Lipinski definition) is 4. The number of anilines is 2. The smallest absolute Gasteiger partial charge is 0.163 e. The number of halogens is 1. The summed E-state index contributed by atoms with van der Waals surface area (Å²) >= 11 is 0. The monoisotopic (exact) mass is 468 g/mol. The molecule has 0 radical (unpaired) electrons. The van der Waals surface area contributed by atoms with Gasteiger partial charge >= 0.3 is 0 Å². The Kier molecular flexibility index (Phi) is 7.35. The molecule has 0 aliphatic heterocycles. The molecule has 0 spiro atoms. The SMILES string of the molecule is CCCC(=O)CC(C)c1ccc(-c2ccc3ncc(C(C)=O)c(Nc4ccccc4)c3c2)cc1F. The molecule has 0 aliphatic carbocycles. The van der Waals surface area contributed by atoms with Gasteiger partial charge in [0.15, 0.2) is 5.78 Å². The molecule has 0 bridgehead atoms. The summed E-state index contributed by atoms with van der Waals surface area (Å²) in [7, 11) is 0. The molecule has 35 heavy (non-hydrogen) atoms. The van der Waals surface area contributed by atoms with Crippen LogP contribution in [0.25, 0.3) is 22.0 Å². The third-order valence-corrected chi connectivity index (χ3v) is 6.22. The van der Waals surface area contributed by atoms with Gasteiger partial charge in [-0.2, -0.15) is 0 Å². The van der Waals surface area contributed by atoms with Gasteiger partial charge in [-0.25, -0.2) is 4.39 Å². The molecule has 1 aromatic heterocycles. The zero-order valence-corrected chi connectivity index (χ0v) is 20.3. The maximum absolute atomic E-state index is 15.1. The number of fused-ring (bicyclic) bond motifs is 1. The highest BCUT2D eigenvalue weighted by Gasteiger charge is 2.17. The molecule has 1 unspecified atom stereocenters. The van der Waals surface area contributed by atoms with Crippen LogP contribution in [0.1, 0.15) is 61.9 Å². The van der Waals surface area contributed by atoms with Gasteiger partial charge in [-0.15, -0.1) is 0 Å². The predicted octanol–water partition coefficient (Wildman–Crippen LogP) is 7.85. The number of rotatable bonds is 9. The minimum atomic E-state index is -0.322. The van der Waals surface area contributed by atoms with E-state index in [0.717, 1.165) is 34.1 Å². The lowest BCUT2D eigenvalue weighted by Gasteiger charge is -2.15. The molecule has 0 aliphatic rings. The van der Waals surface area contributed by atoms with Crippen LogP contribution in [0.4, 0.5) is 15.8 Å². The highest BCUT2D eigenvalue weighted by Crippen LogP contribution is 2.34. The van der Waals surface area contributed by atoms with Gasteiger partial charge in [0.25, 0.3) is 0 Å². The zero-order chi connectivity index (χ0) is 24.9. The summed E-state index contributed by atoms with van der Waals surface area (Å²) in [5.74, 6) is -0.434. The number of nitrogens with one attached hydrogen (secondary N) is 1. The van der Waals surface area contributed by atoms with E-state index in [4.69, 9.17) is 0 Å². The number of ketones is 2. The summed E-state index contributed by atoms with van der Waals surface area (Å²) in [4.78, 5) is 28.9. The number of benzene rings is 3. The number of carbonyl (C=O) groups excluding carboxylic acids is 2. The molecular weight excluding hydrogens is 439 g/mol. The average molecular weight is 469 g/mol. The molecule has 5 heteroatoms. The third-order valence-electron chi connectivity index (χ3n) is 6.22. The Balaban J connectivity index is 1.73. The first kappa shape index (κ1) is 24.3. The van der Waals surface area contributed by atoms with Gasteiger partial charge in [-0.05, 0) is 66.3 Å². The Hall–Kier alpha value is -3.86. The Morgan fingerprint density at radius 3 is 2.40 bits per heavy atom. The summed E-state index contributed by atoms with van der Waals surface area (Å²) in [6.07, 6.45) is 3.26. The van der Waals surface area contributed by atoms with Gasteiger partial charge in [0.2, 0.25) is 0 Å². The maximum Gasteiger partial charge on any atom is 0.163 e. The average Bonchev–Trinajstić information content (AvgIpc) is 2.84. The fraction of sp³-hybridized carbons (Fsp3) is 0.233. The fourth-order valence-electron chi connectivity index (χ4n) is 4.38. The van der Waals surface area contributed by atoms with Crippen LogP contribution >= 0.6 is 0 Å². The quantitative estimate of drug-likeness (QED) is 0.254. The summed E-state index contributed by atoms with van der Waals surface area (Å²) < 4.78 is 15.1. The minimum absolute atomic E-state index is 0.0924. The Morgan fingerprint density at radius 1 is 1.00 bits per heavy atom. The number of nitrogens with zero attached hydrogens (tertiary/aromatic N) is 1. The van der Waals surface area contributed by atoms with Gasteiger partial charge in [-0.3, -0.25) is 14.6 Å². The normalized spacial score (nSPS) is 11.9. The second-order valence-electron chi connectivity index (χ2n) is 8.96. The van der Waals surface area contributed by atoms with E-state index in [-0.39, 0.29) is 23.3 Å². The molecule has 178 valence electrons. The molecule has 0 saturated heterocycles. The van der Waals surface area contributed by atoms with Crippen LogP contribution in [-0.2, 0) is 4.79 Å². The standard InChI is InChI=1S/C30H29FN2O2/c1-4-8-24(35)15-19(2)25-13-11-22(17-28(25)31)21-12-14-29-26(16-21)30(27(18-32-29)20(3)34)33-23-9-6-5-7-10-23/h5-7,9-14,16-19H,4,8,15H2,1-3H3,(H,32,33). The van der Waals surface area contributed by atoms with Gasteiger partial charge in [0.1, 0.15) is 11.6 Å². The number of Topliss-reactive ketones (excluding diaryl/α,β-unsaturated/α-hetero) is 2. The van der Waals surface area contributed by atoms with Crippen LogP contribution in [-0.4, -0.2) is 16.6 Å². The van der Waals surface area contributed by atoms with Gasteiger partial charge in [-0.1, -0.05) is 50.2 Å². The second-order valence-corrected chi connectivity index (χ2v) is 8.96. The third kappa shape index (κ3) is 5.46. The molecule has 4 rings (SSSR count). The lowest BCUT2D eigenvalue weighted by atomic mass is 9.92. The predicted molar refractivity (Wildman–Crippen MR) is 140 cm³/mol. The highest BCUT2D eigenvalue weighted by molar-refractivity contribution is 6.08. The molecule has 1 N–H and O–H groups in total. The van der Waals surface area contributed by atoms with Crippen molar-refractivity contribution in [3.05, 3.63) is 89.9 Å². The number of carbonyl (C=O) groups is 2. The summed E-state index contributed by atoms with van der Waals surface area (Å²) in [6, 6.07) is 20.5. The zero-order valence-electron chi connectivity index (χ0n) is 20.3. The van der Waals surface area contributed by atoms with Crippen molar-refractivity contribution in [3.8, 4) is 11.1 Å². The van der Waals surface area contributed by atoms with E-state index < -0.39 is 0 Å². The molecule has 0 amide bonds. The summed E-state index contributed by atoms with van der Waals surface area (Å²) in [5.41, 5.74) is 4.84. The molecule has 1 heterocycles. The second kappa shape index (κ2) is 10.6. The van der Waals surface area contributed by atoms with Crippen molar-refractivity contribution in [2.75, 3.05) is 5.32 Å². The van der Waals surface area contributed by atoms with Crippen molar-refractivity contribution in [2.45, 2.75) is 46.0 Å². The molecule has 3 aromatic carbocycles. The molecule has 4 aromatic rings. The molecular formula is C30H29FN2O2. The van der Waals surface area contributed by atoms with Gasteiger partial charge < -0.3 is 5.32 Å². The first-order valence-corrected chi connectivity index (χ1v) is 11.9. The van der Waals surface area contributed by atoms with Crippen molar-refractivity contribution in [2.24, 2.45) is 0 Å². The Morgan fingerprint density at radius 2 is 1.71 bits per heavy atom.